The van der Waals surface area contributed by atoms with Gasteiger partial charge in [-0.2, -0.15) is 0 Å². The van der Waals surface area contributed by atoms with Crippen LogP contribution in [0.25, 0.3) is 10.9 Å². The van der Waals surface area contributed by atoms with E-state index in [1.54, 1.807) is 0 Å². The fraction of sp³-hybridized carbons (Fsp3) is 0.400. The normalized spacial score (nSPS) is 19.9. The molecule has 2 aromatic carbocycles. The molecule has 1 saturated carbocycles. The van der Waals surface area contributed by atoms with Gasteiger partial charge in [0.05, 0.1) is 22.8 Å². The highest BCUT2D eigenvalue weighted by atomic mass is 32.2. The molecule has 2 heterocycles. The first kappa shape index (κ1) is 23.1. The lowest BCUT2D eigenvalue weighted by Gasteiger charge is -2.34. The van der Waals surface area contributed by atoms with Crippen molar-refractivity contribution in [3.8, 4) is 0 Å². The third kappa shape index (κ3) is 5.20. The van der Waals surface area contributed by atoms with Gasteiger partial charge in [-0.15, -0.1) is 0 Å². The Labute approximate surface area is 204 Å². The SMILES string of the molecule is O=C(CSc1nc(Nc2ccccc2)c2ccccc2n1)N(C1CCCC1)C1CCS(=O)(=O)C1. The lowest BCUT2D eigenvalue weighted by molar-refractivity contribution is -0.132. The Bertz CT molecular complexity index is 1280. The van der Waals surface area contributed by atoms with Crippen molar-refractivity contribution < 1.29 is 13.2 Å². The van der Waals surface area contributed by atoms with E-state index < -0.39 is 9.84 Å². The Kier molecular flexibility index (Phi) is 6.74. The average Bonchev–Trinajstić information content (AvgIpc) is 3.48. The molecule has 1 amide bonds. The van der Waals surface area contributed by atoms with Crippen LogP contribution in [0.4, 0.5) is 11.5 Å². The second-order valence-corrected chi connectivity index (χ2v) is 12.1. The summed E-state index contributed by atoms with van der Waals surface area (Å²) in [6.45, 7) is 0. The standard InChI is InChI=1S/C25H28N4O3S2/c30-23(29(19-10-4-5-11-19)20-14-15-34(31,32)17-20)16-33-25-27-22-13-7-6-12-21(22)24(28-25)26-18-8-2-1-3-9-18/h1-3,6-9,12-13,19-20H,4-5,10-11,14-17H2,(H,26,27,28). The summed E-state index contributed by atoms with van der Waals surface area (Å²) in [5.74, 6) is 1.12. The molecule has 34 heavy (non-hydrogen) atoms. The number of anilines is 2. The number of para-hydroxylation sites is 2. The average molecular weight is 497 g/mol. The molecule has 1 aliphatic carbocycles. The van der Waals surface area contributed by atoms with Gasteiger partial charge in [-0.3, -0.25) is 4.79 Å². The zero-order valence-electron chi connectivity index (χ0n) is 18.9. The predicted molar refractivity (Wildman–Crippen MR) is 136 cm³/mol. The minimum absolute atomic E-state index is 0.0201. The molecule has 1 N–H and O–H groups in total. The van der Waals surface area contributed by atoms with Crippen LogP contribution in [0.1, 0.15) is 32.1 Å². The van der Waals surface area contributed by atoms with Crippen molar-refractivity contribution in [3.63, 3.8) is 0 Å². The number of thioether (sulfide) groups is 1. The van der Waals surface area contributed by atoms with Gasteiger partial charge in [0.2, 0.25) is 5.91 Å². The first-order valence-corrected chi connectivity index (χ1v) is 14.5. The molecule has 7 nitrogen and oxygen atoms in total. The highest BCUT2D eigenvalue weighted by Gasteiger charge is 2.38. The second-order valence-electron chi connectivity index (χ2n) is 8.95. The van der Waals surface area contributed by atoms with Gasteiger partial charge in [-0.1, -0.05) is 54.9 Å². The number of hydrogen-bond donors (Lipinski definition) is 1. The van der Waals surface area contributed by atoms with E-state index in [0.717, 1.165) is 42.3 Å². The molecule has 0 bridgehead atoms. The fourth-order valence-corrected chi connectivity index (χ4v) is 7.39. The monoisotopic (exact) mass is 496 g/mol. The molecule has 1 saturated heterocycles. The Morgan fingerprint density at radius 3 is 2.44 bits per heavy atom. The van der Waals surface area contributed by atoms with E-state index in [1.807, 2.05) is 59.5 Å². The summed E-state index contributed by atoms with van der Waals surface area (Å²) in [4.78, 5) is 24.7. The molecular formula is C25H28N4O3S2. The smallest absolute Gasteiger partial charge is 0.233 e. The summed E-state index contributed by atoms with van der Waals surface area (Å²) in [6.07, 6.45) is 4.61. The fourth-order valence-electron chi connectivity index (χ4n) is 4.96. The Morgan fingerprint density at radius 1 is 0.971 bits per heavy atom. The first-order chi connectivity index (χ1) is 16.5. The minimum Gasteiger partial charge on any atom is -0.340 e. The van der Waals surface area contributed by atoms with Gasteiger partial charge in [-0.25, -0.2) is 18.4 Å². The number of hydrogen-bond acceptors (Lipinski definition) is 7. The molecule has 9 heteroatoms. The van der Waals surface area contributed by atoms with Crippen molar-refractivity contribution in [1.82, 2.24) is 14.9 Å². The molecule has 5 rings (SSSR count). The van der Waals surface area contributed by atoms with Gasteiger partial charge in [0.25, 0.3) is 0 Å². The predicted octanol–water partition coefficient (Wildman–Crippen LogP) is 4.42. The molecule has 1 unspecified atom stereocenters. The number of benzene rings is 2. The summed E-state index contributed by atoms with van der Waals surface area (Å²) in [7, 11) is -3.06. The van der Waals surface area contributed by atoms with E-state index in [2.05, 4.69) is 10.3 Å². The highest BCUT2D eigenvalue weighted by Crippen LogP contribution is 2.31. The molecule has 0 radical (unpaired) electrons. The first-order valence-electron chi connectivity index (χ1n) is 11.7. The molecule has 1 aliphatic heterocycles. The second kappa shape index (κ2) is 9.92. The number of aromatic nitrogens is 2. The maximum atomic E-state index is 13.4. The summed E-state index contributed by atoms with van der Waals surface area (Å²) >= 11 is 1.31. The lowest BCUT2D eigenvalue weighted by atomic mass is 10.1. The van der Waals surface area contributed by atoms with Gasteiger partial charge >= 0.3 is 0 Å². The Balaban J connectivity index is 1.36. The Hall–Kier alpha value is -2.65. The summed E-state index contributed by atoms with van der Waals surface area (Å²) in [5, 5.41) is 4.80. The van der Waals surface area contributed by atoms with Crippen LogP contribution in [-0.4, -0.2) is 58.5 Å². The third-order valence-corrected chi connectivity index (χ3v) is 9.13. The molecule has 0 spiro atoms. The zero-order valence-corrected chi connectivity index (χ0v) is 20.5. The summed E-state index contributed by atoms with van der Waals surface area (Å²) < 4.78 is 24.2. The zero-order chi connectivity index (χ0) is 23.5. The van der Waals surface area contributed by atoms with E-state index in [1.165, 1.54) is 11.8 Å². The molecule has 178 valence electrons. The number of sulfone groups is 1. The van der Waals surface area contributed by atoms with Crippen molar-refractivity contribution in [2.75, 3.05) is 22.6 Å². The summed E-state index contributed by atoms with van der Waals surface area (Å²) in [6, 6.07) is 17.6. The van der Waals surface area contributed by atoms with Crippen LogP contribution in [0.2, 0.25) is 0 Å². The Morgan fingerprint density at radius 2 is 1.71 bits per heavy atom. The van der Waals surface area contributed by atoms with Crippen molar-refractivity contribution in [3.05, 3.63) is 54.6 Å². The van der Waals surface area contributed by atoms with E-state index in [4.69, 9.17) is 4.98 Å². The van der Waals surface area contributed by atoms with E-state index in [-0.39, 0.29) is 35.2 Å². The van der Waals surface area contributed by atoms with E-state index in [0.29, 0.717) is 17.4 Å². The minimum atomic E-state index is -3.06. The number of rotatable bonds is 7. The number of carbonyl (C=O) groups excluding carboxylic acids is 1. The number of nitrogens with zero attached hydrogens (tertiary/aromatic N) is 3. The third-order valence-electron chi connectivity index (χ3n) is 6.55. The van der Waals surface area contributed by atoms with Crippen LogP contribution in [0, 0.1) is 0 Å². The number of carbonyl (C=O) groups is 1. The van der Waals surface area contributed by atoms with Crippen LogP contribution in [0.5, 0.6) is 0 Å². The molecule has 2 fully saturated rings. The number of nitrogens with one attached hydrogen (secondary N) is 1. The molecule has 3 aromatic rings. The molecular weight excluding hydrogens is 468 g/mol. The van der Waals surface area contributed by atoms with Gasteiger partial charge in [0.1, 0.15) is 5.82 Å². The van der Waals surface area contributed by atoms with Crippen molar-refractivity contribution in [1.29, 1.82) is 0 Å². The van der Waals surface area contributed by atoms with Crippen LogP contribution >= 0.6 is 11.8 Å². The van der Waals surface area contributed by atoms with Crippen molar-refractivity contribution in [2.45, 2.75) is 49.3 Å². The van der Waals surface area contributed by atoms with Crippen molar-refractivity contribution in [2.24, 2.45) is 0 Å². The van der Waals surface area contributed by atoms with Gasteiger partial charge in [-0.05, 0) is 43.5 Å². The maximum absolute atomic E-state index is 13.4. The topological polar surface area (TPSA) is 92.3 Å². The molecule has 1 aromatic heterocycles. The summed E-state index contributed by atoms with van der Waals surface area (Å²) in [5.41, 5.74) is 1.73. The van der Waals surface area contributed by atoms with Crippen LogP contribution in [0.15, 0.2) is 59.8 Å². The maximum Gasteiger partial charge on any atom is 0.233 e. The lowest BCUT2D eigenvalue weighted by Crippen LogP contribution is -2.47. The highest BCUT2D eigenvalue weighted by molar-refractivity contribution is 7.99. The molecule has 1 atom stereocenters. The van der Waals surface area contributed by atoms with Crippen molar-refractivity contribution >= 4 is 49.9 Å². The van der Waals surface area contributed by atoms with Crippen LogP contribution in [0.3, 0.4) is 0 Å². The van der Waals surface area contributed by atoms with E-state index >= 15 is 0 Å². The van der Waals surface area contributed by atoms with Gasteiger partial charge < -0.3 is 10.2 Å². The number of amides is 1. The quantitative estimate of drug-likeness (QED) is 0.382. The van der Waals surface area contributed by atoms with Crippen LogP contribution in [-0.2, 0) is 14.6 Å². The van der Waals surface area contributed by atoms with E-state index in [9.17, 15) is 13.2 Å². The van der Waals surface area contributed by atoms with Gasteiger partial charge in [0.15, 0.2) is 15.0 Å². The molecule has 2 aliphatic rings. The largest absolute Gasteiger partial charge is 0.340 e. The number of fused-ring (bicyclic) bond motifs is 1. The van der Waals surface area contributed by atoms with Gasteiger partial charge in [0, 0.05) is 23.2 Å². The van der Waals surface area contributed by atoms with Crippen LogP contribution < -0.4 is 5.32 Å².